The molecule has 0 spiro atoms. The van der Waals surface area contributed by atoms with E-state index in [-0.39, 0.29) is 0 Å². The Morgan fingerprint density at radius 1 is 0.364 bits per heavy atom. The molecule has 0 saturated heterocycles. The maximum absolute atomic E-state index is 6.61. The first-order valence-corrected chi connectivity index (χ1v) is 18.5. The minimum Gasteiger partial charge on any atom is -0.455 e. The number of rotatable bonds is 6. The van der Waals surface area contributed by atoms with Crippen molar-refractivity contribution in [1.82, 2.24) is 4.98 Å². The van der Waals surface area contributed by atoms with E-state index in [1.807, 2.05) is 36.4 Å². The highest BCUT2D eigenvalue weighted by atomic mass is 16.4. The van der Waals surface area contributed by atoms with Crippen LogP contribution in [0.3, 0.4) is 0 Å². The SMILES string of the molecule is c1ccc(-c2cccc(N(c3ccc(-c4cccc5c4oc4cc6oc(-c7ccccc7)nc6cc45)cc3)c3ccc4c(ccc5ccccc54)c3)c2)cc1. The lowest BCUT2D eigenvalue weighted by molar-refractivity contribution is 0.617. The average Bonchev–Trinajstić information content (AvgIpc) is 3.84. The van der Waals surface area contributed by atoms with Gasteiger partial charge in [-0.25, -0.2) is 4.98 Å². The minimum absolute atomic E-state index is 0.603. The molecule has 2 aromatic heterocycles. The molecule has 0 radical (unpaired) electrons. The van der Waals surface area contributed by atoms with Crippen molar-refractivity contribution in [2.75, 3.05) is 4.90 Å². The number of hydrogen-bond acceptors (Lipinski definition) is 4. The summed E-state index contributed by atoms with van der Waals surface area (Å²) in [7, 11) is 0. The van der Waals surface area contributed by atoms with E-state index in [0.29, 0.717) is 11.5 Å². The van der Waals surface area contributed by atoms with Gasteiger partial charge < -0.3 is 13.7 Å². The predicted molar refractivity (Wildman–Crippen MR) is 227 cm³/mol. The number of para-hydroxylation sites is 1. The molecule has 11 aromatic rings. The molecule has 9 aromatic carbocycles. The van der Waals surface area contributed by atoms with E-state index in [4.69, 9.17) is 13.8 Å². The van der Waals surface area contributed by atoms with Crippen molar-refractivity contribution in [3.8, 4) is 33.7 Å². The lowest BCUT2D eigenvalue weighted by Crippen LogP contribution is -2.10. The van der Waals surface area contributed by atoms with Crippen molar-refractivity contribution in [2.24, 2.45) is 0 Å². The van der Waals surface area contributed by atoms with Crippen LogP contribution >= 0.6 is 0 Å². The maximum atomic E-state index is 6.61. The average molecular weight is 705 g/mol. The van der Waals surface area contributed by atoms with E-state index < -0.39 is 0 Å². The molecule has 0 bridgehead atoms. The topological polar surface area (TPSA) is 42.4 Å². The zero-order chi connectivity index (χ0) is 36.3. The van der Waals surface area contributed by atoms with Crippen LogP contribution in [0.1, 0.15) is 0 Å². The molecule has 0 N–H and O–H groups in total. The molecule has 0 saturated carbocycles. The summed E-state index contributed by atoms with van der Waals surface area (Å²) in [6, 6.07) is 68.3. The molecule has 4 heteroatoms. The fraction of sp³-hybridized carbons (Fsp3) is 0. The van der Waals surface area contributed by atoms with Crippen molar-refractivity contribution in [1.29, 1.82) is 0 Å². The molecule has 0 unspecified atom stereocenters. The van der Waals surface area contributed by atoms with Gasteiger partial charge in [0, 0.05) is 45.0 Å². The van der Waals surface area contributed by atoms with E-state index in [9.17, 15) is 0 Å². The van der Waals surface area contributed by atoms with Gasteiger partial charge >= 0.3 is 0 Å². The Labute approximate surface area is 317 Å². The van der Waals surface area contributed by atoms with Gasteiger partial charge in [0.2, 0.25) is 5.89 Å². The summed E-state index contributed by atoms with van der Waals surface area (Å²) in [5, 5.41) is 7.01. The monoisotopic (exact) mass is 704 g/mol. The van der Waals surface area contributed by atoms with E-state index in [1.54, 1.807) is 0 Å². The Hall–Kier alpha value is -7.43. The second-order valence-corrected chi connectivity index (χ2v) is 14.0. The first-order chi connectivity index (χ1) is 27.2. The first kappa shape index (κ1) is 31.1. The number of fused-ring (bicyclic) bond motifs is 7. The quantitative estimate of drug-likeness (QED) is 0.162. The molecular weight excluding hydrogens is 673 g/mol. The number of aromatic nitrogens is 1. The summed E-state index contributed by atoms with van der Waals surface area (Å²) >= 11 is 0. The van der Waals surface area contributed by atoms with Crippen molar-refractivity contribution < 1.29 is 8.83 Å². The largest absolute Gasteiger partial charge is 0.455 e. The van der Waals surface area contributed by atoms with Crippen LogP contribution in [-0.2, 0) is 0 Å². The Morgan fingerprint density at radius 3 is 1.89 bits per heavy atom. The third kappa shape index (κ3) is 5.34. The standard InChI is InChI=1S/C51H32N2O2/c1-3-11-33(12-4-1)37-16-9-17-40(29-37)53(41-27-28-43-38(30-41)22-21-34-13-7-8-18-42(34)43)39-25-23-35(24-26-39)44-19-10-20-45-46-31-47-49(32-48(46)54-50(44)45)55-51(52-47)36-14-5-2-6-15-36/h1-32H. The van der Waals surface area contributed by atoms with Gasteiger partial charge in [0.1, 0.15) is 16.7 Å². The Balaban J connectivity index is 1.01. The summed E-state index contributed by atoms with van der Waals surface area (Å²) < 4.78 is 12.8. The van der Waals surface area contributed by atoms with Crippen LogP contribution in [0.5, 0.6) is 0 Å². The highest BCUT2D eigenvalue weighted by Gasteiger charge is 2.18. The van der Waals surface area contributed by atoms with Crippen LogP contribution in [-0.4, -0.2) is 4.98 Å². The number of anilines is 3. The van der Waals surface area contributed by atoms with Gasteiger partial charge in [-0.2, -0.15) is 0 Å². The highest BCUT2D eigenvalue weighted by Crippen LogP contribution is 2.42. The number of furan rings is 1. The Kier molecular flexibility index (Phi) is 7.14. The molecule has 0 aliphatic carbocycles. The van der Waals surface area contributed by atoms with Gasteiger partial charge in [-0.3, -0.25) is 0 Å². The van der Waals surface area contributed by atoms with E-state index >= 15 is 0 Å². The molecule has 0 atom stereocenters. The summed E-state index contributed by atoms with van der Waals surface area (Å²) in [6.07, 6.45) is 0. The number of oxazole rings is 1. The van der Waals surface area contributed by atoms with Gasteiger partial charge in [0.15, 0.2) is 5.58 Å². The van der Waals surface area contributed by atoms with Crippen LogP contribution in [0.15, 0.2) is 203 Å². The van der Waals surface area contributed by atoms with Crippen LogP contribution < -0.4 is 4.90 Å². The molecule has 55 heavy (non-hydrogen) atoms. The van der Waals surface area contributed by atoms with Crippen LogP contribution in [0.25, 0.3) is 88.3 Å². The zero-order valence-electron chi connectivity index (χ0n) is 29.7. The van der Waals surface area contributed by atoms with Crippen molar-refractivity contribution >= 4 is 71.6 Å². The van der Waals surface area contributed by atoms with Gasteiger partial charge in [-0.05, 0) is 92.8 Å². The van der Waals surface area contributed by atoms with Crippen molar-refractivity contribution in [3.05, 3.63) is 194 Å². The third-order valence-electron chi connectivity index (χ3n) is 10.7. The molecule has 2 heterocycles. The molecule has 258 valence electrons. The summed E-state index contributed by atoms with van der Waals surface area (Å²) in [6.45, 7) is 0. The molecule has 0 amide bonds. The Morgan fingerprint density at radius 2 is 1.04 bits per heavy atom. The normalized spacial score (nSPS) is 11.6. The van der Waals surface area contributed by atoms with E-state index in [1.165, 1.54) is 32.7 Å². The number of benzene rings is 9. The second kappa shape index (κ2) is 12.6. The third-order valence-corrected chi connectivity index (χ3v) is 10.7. The highest BCUT2D eigenvalue weighted by molar-refractivity contribution is 6.12. The fourth-order valence-corrected chi connectivity index (χ4v) is 7.98. The molecular formula is C51H32N2O2. The summed E-state index contributed by atoms with van der Waals surface area (Å²) in [4.78, 5) is 7.16. The maximum Gasteiger partial charge on any atom is 0.227 e. The van der Waals surface area contributed by atoms with Crippen molar-refractivity contribution in [2.45, 2.75) is 0 Å². The van der Waals surface area contributed by atoms with Gasteiger partial charge in [0.25, 0.3) is 0 Å². The van der Waals surface area contributed by atoms with Gasteiger partial charge in [0.05, 0.1) is 0 Å². The molecule has 0 aliphatic heterocycles. The van der Waals surface area contributed by atoms with Crippen LogP contribution in [0, 0.1) is 0 Å². The molecule has 0 fully saturated rings. The smallest absolute Gasteiger partial charge is 0.227 e. The minimum atomic E-state index is 0.603. The predicted octanol–water partition coefficient (Wildman–Crippen LogP) is 14.5. The zero-order valence-corrected chi connectivity index (χ0v) is 29.7. The molecule has 4 nitrogen and oxygen atoms in total. The van der Waals surface area contributed by atoms with Crippen molar-refractivity contribution in [3.63, 3.8) is 0 Å². The number of hydrogen-bond donors (Lipinski definition) is 0. The fourth-order valence-electron chi connectivity index (χ4n) is 7.98. The first-order valence-electron chi connectivity index (χ1n) is 18.5. The molecule has 11 rings (SSSR count). The molecule has 0 aliphatic rings. The lowest BCUT2D eigenvalue weighted by atomic mass is 10.00. The van der Waals surface area contributed by atoms with Crippen LogP contribution in [0.2, 0.25) is 0 Å². The summed E-state index contributed by atoms with van der Waals surface area (Å²) in [5.41, 5.74) is 11.8. The van der Waals surface area contributed by atoms with Gasteiger partial charge in [-0.15, -0.1) is 0 Å². The second-order valence-electron chi connectivity index (χ2n) is 14.0. The van der Waals surface area contributed by atoms with E-state index in [0.717, 1.165) is 61.2 Å². The summed E-state index contributed by atoms with van der Waals surface area (Å²) in [5.74, 6) is 0.603. The number of nitrogens with zero attached hydrogens (tertiary/aromatic N) is 2. The van der Waals surface area contributed by atoms with Crippen LogP contribution in [0.4, 0.5) is 17.1 Å². The van der Waals surface area contributed by atoms with Gasteiger partial charge in [-0.1, -0.05) is 133 Å². The van der Waals surface area contributed by atoms with E-state index in [2.05, 4.69) is 163 Å². The lowest BCUT2D eigenvalue weighted by Gasteiger charge is -2.27. The Bertz CT molecular complexity index is 3200.